The molecular weight excluding hydrogens is 266 g/mol. The second-order valence-electron chi connectivity index (χ2n) is 4.53. The van der Waals surface area contributed by atoms with Crippen LogP contribution in [-0.4, -0.2) is 39.3 Å². The third-order valence-corrected chi connectivity index (χ3v) is 4.82. The van der Waals surface area contributed by atoms with Crippen LogP contribution in [0, 0.1) is 6.92 Å². The number of hydrogen-bond donors (Lipinski definition) is 1. The summed E-state index contributed by atoms with van der Waals surface area (Å²) in [6.45, 7) is 2.07. The van der Waals surface area contributed by atoms with Crippen LogP contribution in [0.2, 0.25) is 0 Å². The smallest absolute Gasteiger partial charge is 0.147 e. The van der Waals surface area contributed by atoms with Crippen molar-refractivity contribution < 1.29 is 8.42 Å². The highest BCUT2D eigenvalue weighted by Gasteiger charge is 2.11. The average molecular weight is 287 g/mol. The Morgan fingerprint density at radius 2 is 2.11 bits per heavy atom. The molecule has 1 rings (SSSR count). The van der Waals surface area contributed by atoms with E-state index in [9.17, 15) is 8.42 Å². The summed E-state index contributed by atoms with van der Waals surface area (Å²) in [5.41, 5.74) is 1.25. The monoisotopic (exact) mass is 287 g/mol. The van der Waals surface area contributed by atoms with Gasteiger partial charge in [-0.15, -0.1) is 11.8 Å². The van der Waals surface area contributed by atoms with Crippen LogP contribution in [0.5, 0.6) is 0 Å². The number of benzene rings is 1. The SMILES string of the molecule is CNC(CCS(C)(=O)=O)CSc1cccc(C)c1. The fraction of sp³-hybridized carbons (Fsp3) is 0.538. The molecule has 1 unspecified atom stereocenters. The molecule has 0 aliphatic carbocycles. The summed E-state index contributed by atoms with van der Waals surface area (Å²) in [6, 6.07) is 8.58. The molecular formula is C13H21NO2S2. The lowest BCUT2D eigenvalue weighted by molar-refractivity contribution is 0.573. The maximum atomic E-state index is 11.1. The van der Waals surface area contributed by atoms with Crippen molar-refractivity contribution in [2.24, 2.45) is 0 Å². The third-order valence-electron chi connectivity index (χ3n) is 2.69. The van der Waals surface area contributed by atoms with Crippen molar-refractivity contribution in [1.29, 1.82) is 0 Å². The summed E-state index contributed by atoms with van der Waals surface area (Å²) >= 11 is 1.76. The van der Waals surface area contributed by atoms with E-state index in [1.807, 2.05) is 13.1 Å². The highest BCUT2D eigenvalue weighted by atomic mass is 32.2. The third kappa shape index (κ3) is 6.42. The number of nitrogens with one attached hydrogen (secondary N) is 1. The van der Waals surface area contributed by atoms with Crippen molar-refractivity contribution in [3.8, 4) is 0 Å². The first-order valence-electron chi connectivity index (χ1n) is 5.95. The molecule has 3 nitrogen and oxygen atoms in total. The number of hydrogen-bond acceptors (Lipinski definition) is 4. The van der Waals surface area contributed by atoms with Gasteiger partial charge in [0.25, 0.3) is 0 Å². The van der Waals surface area contributed by atoms with E-state index in [1.54, 1.807) is 11.8 Å². The second kappa shape index (κ2) is 7.16. The van der Waals surface area contributed by atoms with Gasteiger partial charge in [-0.2, -0.15) is 0 Å². The van der Waals surface area contributed by atoms with Crippen molar-refractivity contribution in [3.63, 3.8) is 0 Å². The summed E-state index contributed by atoms with van der Waals surface area (Å²) in [4.78, 5) is 1.23. The Kier molecular flexibility index (Phi) is 6.18. The lowest BCUT2D eigenvalue weighted by atomic mass is 10.2. The molecule has 0 amide bonds. The summed E-state index contributed by atoms with van der Waals surface area (Å²) in [6.07, 6.45) is 1.95. The summed E-state index contributed by atoms with van der Waals surface area (Å²) in [5, 5.41) is 3.17. The molecule has 0 saturated heterocycles. The standard InChI is InChI=1S/C13H21NO2S2/c1-11-5-4-6-13(9-11)17-10-12(14-2)7-8-18(3,15)16/h4-6,9,12,14H,7-8,10H2,1-3H3. The molecule has 0 aliphatic heterocycles. The van der Waals surface area contributed by atoms with Gasteiger partial charge < -0.3 is 5.32 Å². The Morgan fingerprint density at radius 3 is 2.67 bits per heavy atom. The minimum atomic E-state index is -2.87. The zero-order valence-corrected chi connectivity index (χ0v) is 12.8. The zero-order valence-electron chi connectivity index (χ0n) is 11.1. The predicted octanol–water partition coefficient (Wildman–Crippen LogP) is 2.11. The first-order valence-corrected chi connectivity index (χ1v) is 9.00. The Balaban J connectivity index is 2.44. The molecule has 0 bridgehead atoms. The van der Waals surface area contributed by atoms with Crippen LogP contribution in [0.15, 0.2) is 29.2 Å². The van der Waals surface area contributed by atoms with Crippen LogP contribution in [0.3, 0.4) is 0 Å². The minimum absolute atomic E-state index is 0.227. The Hall–Kier alpha value is -0.520. The van der Waals surface area contributed by atoms with E-state index in [0.717, 1.165) is 5.75 Å². The van der Waals surface area contributed by atoms with E-state index in [0.29, 0.717) is 6.42 Å². The largest absolute Gasteiger partial charge is 0.316 e. The van der Waals surface area contributed by atoms with E-state index in [1.165, 1.54) is 16.7 Å². The maximum absolute atomic E-state index is 11.1. The van der Waals surface area contributed by atoms with Crippen molar-refractivity contribution in [2.75, 3.05) is 24.8 Å². The molecule has 0 saturated carbocycles. The van der Waals surface area contributed by atoms with Crippen LogP contribution >= 0.6 is 11.8 Å². The van der Waals surface area contributed by atoms with E-state index in [4.69, 9.17) is 0 Å². The molecule has 0 aliphatic rings. The highest BCUT2D eigenvalue weighted by Crippen LogP contribution is 2.20. The van der Waals surface area contributed by atoms with Crippen molar-refractivity contribution in [3.05, 3.63) is 29.8 Å². The van der Waals surface area contributed by atoms with Gasteiger partial charge in [0, 0.05) is 22.9 Å². The van der Waals surface area contributed by atoms with Crippen LogP contribution in [0.4, 0.5) is 0 Å². The first kappa shape index (κ1) is 15.5. The van der Waals surface area contributed by atoms with E-state index in [2.05, 4.69) is 30.4 Å². The number of rotatable bonds is 7. The van der Waals surface area contributed by atoms with Gasteiger partial charge in [0.1, 0.15) is 9.84 Å². The fourth-order valence-electron chi connectivity index (χ4n) is 1.57. The van der Waals surface area contributed by atoms with Gasteiger partial charge in [-0.1, -0.05) is 17.7 Å². The van der Waals surface area contributed by atoms with Gasteiger partial charge in [-0.05, 0) is 32.5 Å². The van der Waals surface area contributed by atoms with Crippen LogP contribution in [0.1, 0.15) is 12.0 Å². The van der Waals surface area contributed by atoms with Crippen molar-refractivity contribution in [1.82, 2.24) is 5.32 Å². The molecule has 102 valence electrons. The summed E-state index contributed by atoms with van der Waals surface area (Å²) in [5.74, 6) is 1.13. The normalized spacial score (nSPS) is 13.5. The van der Waals surface area contributed by atoms with Gasteiger partial charge in [0.2, 0.25) is 0 Å². The van der Waals surface area contributed by atoms with Gasteiger partial charge in [-0.25, -0.2) is 8.42 Å². The molecule has 0 fully saturated rings. The van der Waals surface area contributed by atoms with E-state index < -0.39 is 9.84 Å². The molecule has 1 N–H and O–H groups in total. The topological polar surface area (TPSA) is 46.2 Å². The second-order valence-corrected chi connectivity index (χ2v) is 7.88. The van der Waals surface area contributed by atoms with Gasteiger partial charge in [0.05, 0.1) is 5.75 Å². The number of thioether (sulfide) groups is 1. The maximum Gasteiger partial charge on any atom is 0.147 e. The Labute approximate surface area is 114 Å². The molecule has 0 aromatic heterocycles. The average Bonchev–Trinajstić information content (AvgIpc) is 2.28. The number of aryl methyl sites for hydroxylation is 1. The van der Waals surface area contributed by atoms with Crippen LogP contribution in [-0.2, 0) is 9.84 Å². The fourth-order valence-corrected chi connectivity index (χ4v) is 3.45. The van der Waals surface area contributed by atoms with Gasteiger partial charge >= 0.3 is 0 Å². The van der Waals surface area contributed by atoms with Crippen molar-refractivity contribution >= 4 is 21.6 Å². The predicted molar refractivity (Wildman–Crippen MR) is 79.1 cm³/mol. The molecule has 1 atom stereocenters. The molecule has 0 radical (unpaired) electrons. The molecule has 18 heavy (non-hydrogen) atoms. The minimum Gasteiger partial charge on any atom is -0.316 e. The summed E-state index contributed by atoms with van der Waals surface area (Å²) < 4.78 is 22.3. The Bertz CT molecular complexity index is 472. The first-order chi connectivity index (χ1) is 8.40. The van der Waals surface area contributed by atoms with E-state index >= 15 is 0 Å². The van der Waals surface area contributed by atoms with E-state index in [-0.39, 0.29) is 11.8 Å². The highest BCUT2D eigenvalue weighted by molar-refractivity contribution is 7.99. The molecule has 0 heterocycles. The summed E-state index contributed by atoms with van der Waals surface area (Å²) in [7, 11) is -0.989. The van der Waals surface area contributed by atoms with Crippen molar-refractivity contribution in [2.45, 2.75) is 24.3 Å². The molecule has 5 heteroatoms. The quantitative estimate of drug-likeness (QED) is 0.780. The zero-order chi connectivity index (χ0) is 13.6. The lowest BCUT2D eigenvalue weighted by Crippen LogP contribution is -2.30. The van der Waals surface area contributed by atoms with Gasteiger partial charge in [-0.3, -0.25) is 0 Å². The Morgan fingerprint density at radius 1 is 1.39 bits per heavy atom. The lowest BCUT2D eigenvalue weighted by Gasteiger charge is -2.15. The van der Waals surface area contributed by atoms with Gasteiger partial charge in [0.15, 0.2) is 0 Å². The van der Waals surface area contributed by atoms with Crippen LogP contribution < -0.4 is 5.32 Å². The molecule has 1 aromatic rings. The molecule has 1 aromatic carbocycles. The molecule has 0 spiro atoms. The van der Waals surface area contributed by atoms with Crippen LogP contribution in [0.25, 0.3) is 0 Å². The number of sulfone groups is 1.